The second kappa shape index (κ2) is 5.91. The third-order valence-electron chi connectivity index (χ3n) is 2.04. The molecular formula is C12H17NO3S. The zero-order valence-electron chi connectivity index (χ0n) is 10.6. The summed E-state index contributed by atoms with van der Waals surface area (Å²) in [4.78, 5) is 27.7. The second-order valence-electron chi connectivity index (χ2n) is 4.16. The number of aromatic nitrogens is 1. The molecule has 0 saturated carbocycles. The fourth-order valence-corrected chi connectivity index (χ4v) is 2.54. The minimum Gasteiger partial charge on any atom is -0.461 e. The molecule has 1 aromatic heterocycles. The van der Waals surface area contributed by atoms with Gasteiger partial charge < -0.3 is 4.74 Å². The van der Waals surface area contributed by atoms with E-state index in [1.165, 1.54) is 18.3 Å². The molecule has 0 aliphatic carbocycles. The van der Waals surface area contributed by atoms with Crippen LogP contribution in [0.3, 0.4) is 0 Å². The smallest absolute Gasteiger partial charge is 0.358 e. The maximum absolute atomic E-state index is 11.6. The summed E-state index contributed by atoms with van der Waals surface area (Å²) >= 11 is 1.29. The van der Waals surface area contributed by atoms with Crippen molar-refractivity contribution < 1.29 is 14.3 Å². The van der Waals surface area contributed by atoms with Crippen molar-refractivity contribution in [1.29, 1.82) is 0 Å². The Balaban J connectivity index is 3.05. The molecule has 0 atom stereocenters. The molecule has 1 rings (SSSR count). The third-order valence-corrected chi connectivity index (χ3v) is 3.22. The molecule has 94 valence electrons. The van der Waals surface area contributed by atoms with Crippen LogP contribution in [0.1, 0.15) is 52.9 Å². The Morgan fingerprint density at radius 3 is 2.53 bits per heavy atom. The van der Waals surface area contributed by atoms with Crippen molar-refractivity contribution in [3.05, 3.63) is 15.6 Å². The number of carbonyl (C=O) groups is 2. The fraction of sp³-hybridized carbons (Fsp3) is 0.583. The van der Waals surface area contributed by atoms with Gasteiger partial charge in [0.2, 0.25) is 0 Å². The maximum Gasteiger partial charge on any atom is 0.358 e. The summed E-state index contributed by atoms with van der Waals surface area (Å²) in [6.45, 7) is 7.59. The van der Waals surface area contributed by atoms with Crippen LogP contribution in [-0.2, 0) is 11.2 Å². The second-order valence-corrected chi connectivity index (χ2v) is 5.24. The topological polar surface area (TPSA) is 56.3 Å². The lowest BCUT2D eigenvalue weighted by Crippen LogP contribution is -2.09. The van der Waals surface area contributed by atoms with Crippen molar-refractivity contribution in [2.24, 2.45) is 5.92 Å². The summed E-state index contributed by atoms with van der Waals surface area (Å²) in [5.41, 5.74) is 0.167. The van der Waals surface area contributed by atoms with Crippen molar-refractivity contribution in [2.75, 3.05) is 6.61 Å². The van der Waals surface area contributed by atoms with Crippen LogP contribution in [0, 0.1) is 5.92 Å². The Hall–Kier alpha value is -1.23. The SMILES string of the molecule is CCOC(=O)c1nc(CC(C)C)sc1C(C)=O. The number of nitrogens with zero attached hydrogens (tertiary/aromatic N) is 1. The number of hydrogen-bond acceptors (Lipinski definition) is 5. The molecule has 0 saturated heterocycles. The molecule has 0 unspecified atom stereocenters. The maximum atomic E-state index is 11.6. The van der Waals surface area contributed by atoms with Crippen molar-refractivity contribution in [1.82, 2.24) is 4.98 Å². The summed E-state index contributed by atoms with van der Waals surface area (Å²) < 4.78 is 4.89. The van der Waals surface area contributed by atoms with Gasteiger partial charge in [-0.15, -0.1) is 11.3 Å². The van der Waals surface area contributed by atoms with Gasteiger partial charge in [-0.1, -0.05) is 13.8 Å². The third kappa shape index (κ3) is 3.63. The van der Waals surface area contributed by atoms with E-state index in [-0.39, 0.29) is 18.1 Å². The van der Waals surface area contributed by atoms with E-state index in [0.717, 1.165) is 11.4 Å². The summed E-state index contributed by atoms with van der Waals surface area (Å²) in [6.07, 6.45) is 0.768. The van der Waals surface area contributed by atoms with E-state index >= 15 is 0 Å². The van der Waals surface area contributed by atoms with Crippen LogP contribution < -0.4 is 0 Å². The van der Waals surface area contributed by atoms with Crippen molar-refractivity contribution in [3.63, 3.8) is 0 Å². The first kappa shape index (κ1) is 13.8. The molecule has 4 nitrogen and oxygen atoms in total. The summed E-state index contributed by atoms with van der Waals surface area (Å²) in [5, 5.41) is 0.813. The zero-order chi connectivity index (χ0) is 13.0. The molecule has 0 fully saturated rings. The van der Waals surface area contributed by atoms with E-state index in [1.54, 1.807) is 6.92 Å². The highest BCUT2D eigenvalue weighted by atomic mass is 32.1. The number of hydrogen-bond donors (Lipinski definition) is 0. The van der Waals surface area contributed by atoms with Gasteiger partial charge in [-0.3, -0.25) is 4.79 Å². The first-order valence-corrected chi connectivity index (χ1v) is 6.45. The van der Waals surface area contributed by atoms with E-state index in [4.69, 9.17) is 4.74 Å². The van der Waals surface area contributed by atoms with E-state index in [9.17, 15) is 9.59 Å². The summed E-state index contributed by atoms with van der Waals surface area (Å²) in [6, 6.07) is 0. The predicted octanol–water partition coefficient (Wildman–Crippen LogP) is 2.72. The van der Waals surface area contributed by atoms with Gasteiger partial charge in [-0.05, 0) is 12.8 Å². The zero-order valence-corrected chi connectivity index (χ0v) is 11.4. The molecule has 0 amide bonds. The molecule has 0 N–H and O–H groups in total. The van der Waals surface area contributed by atoms with Gasteiger partial charge in [0.05, 0.1) is 11.6 Å². The summed E-state index contributed by atoms with van der Waals surface area (Å²) in [7, 11) is 0. The molecule has 0 radical (unpaired) electrons. The lowest BCUT2D eigenvalue weighted by atomic mass is 10.1. The Labute approximate surface area is 105 Å². The molecule has 0 aliphatic heterocycles. The molecule has 0 bridgehead atoms. The number of esters is 1. The molecule has 0 aliphatic rings. The van der Waals surface area contributed by atoms with Gasteiger partial charge in [0.15, 0.2) is 11.5 Å². The Morgan fingerprint density at radius 1 is 1.41 bits per heavy atom. The monoisotopic (exact) mass is 255 g/mol. The number of rotatable bonds is 5. The molecule has 17 heavy (non-hydrogen) atoms. The van der Waals surface area contributed by atoms with Crippen LogP contribution in [0.5, 0.6) is 0 Å². The summed E-state index contributed by atoms with van der Waals surface area (Å²) in [5.74, 6) is -0.208. The normalized spacial score (nSPS) is 10.6. The highest BCUT2D eigenvalue weighted by Crippen LogP contribution is 2.22. The first-order valence-electron chi connectivity index (χ1n) is 5.63. The minimum atomic E-state index is -0.510. The largest absolute Gasteiger partial charge is 0.461 e. The standard InChI is InChI=1S/C12H17NO3S/c1-5-16-12(15)10-11(8(4)14)17-9(13-10)6-7(2)3/h7H,5-6H2,1-4H3. The first-order chi connectivity index (χ1) is 7.95. The van der Waals surface area contributed by atoms with Crippen molar-refractivity contribution in [3.8, 4) is 0 Å². The van der Waals surface area contributed by atoms with Gasteiger partial charge in [-0.25, -0.2) is 9.78 Å². The highest BCUT2D eigenvalue weighted by Gasteiger charge is 2.22. The Kier molecular flexibility index (Phi) is 4.81. The molecule has 0 aromatic carbocycles. The average molecular weight is 255 g/mol. The minimum absolute atomic E-state index is 0.138. The number of Topliss-reactive ketones (excluding diaryl/α,β-unsaturated/α-hetero) is 1. The van der Waals surface area contributed by atoms with Crippen LogP contribution in [0.2, 0.25) is 0 Å². The van der Waals surface area contributed by atoms with Crippen LogP contribution in [-0.4, -0.2) is 23.3 Å². The lowest BCUT2D eigenvalue weighted by molar-refractivity contribution is 0.0517. The number of ether oxygens (including phenoxy) is 1. The van der Waals surface area contributed by atoms with Gasteiger partial charge in [0.1, 0.15) is 4.88 Å². The van der Waals surface area contributed by atoms with E-state index < -0.39 is 5.97 Å². The average Bonchev–Trinajstić information content (AvgIpc) is 2.61. The predicted molar refractivity (Wildman–Crippen MR) is 66.6 cm³/mol. The van der Waals surface area contributed by atoms with Gasteiger partial charge in [0, 0.05) is 13.3 Å². The van der Waals surface area contributed by atoms with Crippen molar-refractivity contribution >= 4 is 23.1 Å². The van der Waals surface area contributed by atoms with E-state index in [1.807, 2.05) is 0 Å². The van der Waals surface area contributed by atoms with E-state index in [2.05, 4.69) is 18.8 Å². The van der Waals surface area contributed by atoms with Gasteiger partial charge in [-0.2, -0.15) is 0 Å². The van der Waals surface area contributed by atoms with Crippen LogP contribution in [0.4, 0.5) is 0 Å². The number of carbonyl (C=O) groups excluding carboxylic acids is 2. The Bertz CT molecular complexity index is 423. The van der Waals surface area contributed by atoms with Crippen LogP contribution in [0.15, 0.2) is 0 Å². The fourth-order valence-electron chi connectivity index (χ4n) is 1.38. The van der Waals surface area contributed by atoms with Crippen molar-refractivity contribution in [2.45, 2.75) is 34.1 Å². The molecular weight excluding hydrogens is 238 g/mol. The van der Waals surface area contributed by atoms with E-state index in [0.29, 0.717) is 10.8 Å². The van der Waals surface area contributed by atoms with Crippen LogP contribution in [0.25, 0.3) is 0 Å². The van der Waals surface area contributed by atoms with Crippen LogP contribution >= 0.6 is 11.3 Å². The van der Waals surface area contributed by atoms with Gasteiger partial charge in [0.25, 0.3) is 0 Å². The Morgan fingerprint density at radius 2 is 2.06 bits per heavy atom. The number of ketones is 1. The highest BCUT2D eigenvalue weighted by molar-refractivity contribution is 7.14. The molecule has 1 heterocycles. The lowest BCUT2D eigenvalue weighted by Gasteiger charge is -1.99. The number of thiazole rings is 1. The van der Waals surface area contributed by atoms with Gasteiger partial charge >= 0.3 is 5.97 Å². The molecule has 1 aromatic rings. The quantitative estimate of drug-likeness (QED) is 0.599. The molecule has 5 heteroatoms. The molecule has 0 spiro atoms.